The van der Waals surface area contributed by atoms with Crippen LogP contribution in [-0.2, 0) is 20.4 Å². The van der Waals surface area contributed by atoms with Crippen LogP contribution in [0.5, 0.6) is 0 Å². The first-order valence-electron chi connectivity index (χ1n) is 5.66. The molecular formula is C12H16Cl2O3S. The normalized spacial score (nSPS) is 13.5. The van der Waals surface area contributed by atoms with Crippen molar-refractivity contribution in [3.63, 3.8) is 0 Å². The Morgan fingerprint density at radius 3 is 2.56 bits per heavy atom. The third-order valence-corrected chi connectivity index (χ3v) is 4.20. The molecule has 6 heteroatoms. The second-order valence-corrected chi connectivity index (χ2v) is 7.32. The molecule has 0 aromatic heterocycles. The van der Waals surface area contributed by atoms with Gasteiger partial charge >= 0.3 is 0 Å². The van der Waals surface area contributed by atoms with Crippen LogP contribution in [0.4, 0.5) is 0 Å². The van der Waals surface area contributed by atoms with Crippen LogP contribution in [0.3, 0.4) is 0 Å². The van der Waals surface area contributed by atoms with Gasteiger partial charge in [-0.15, -0.1) is 0 Å². The molecule has 0 spiro atoms. The summed E-state index contributed by atoms with van der Waals surface area (Å²) < 4.78 is 27.4. The van der Waals surface area contributed by atoms with Gasteiger partial charge in [0.15, 0.2) is 0 Å². The smallest absolute Gasteiger partial charge is 0.232 e. The minimum Gasteiger partial charge on any atom is -0.376 e. The van der Waals surface area contributed by atoms with Crippen LogP contribution in [0, 0.1) is 5.92 Å². The second-order valence-electron chi connectivity index (χ2n) is 4.09. The molecule has 0 saturated heterocycles. The van der Waals surface area contributed by atoms with Gasteiger partial charge in [-0.2, -0.15) is 0 Å². The molecule has 1 aromatic rings. The van der Waals surface area contributed by atoms with Gasteiger partial charge in [-0.3, -0.25) is 0 Å². The summed E-state index contributed by atoms with van der Waals surface area (Å²) in [6, 6.07) is 7.40. The lowest BCUT2D eigenvalue weighted by Gasteiger charge is -2.13. The quantitative estimate of drug-likeness (QED) is 0.724. The lowest BCUT2D eigenvalue weighted by atomic mass is 10.1. The largest absolute Gasteiger partial charge is 0.376 e. The average Bonchev–Trinajstić information content (AvgIpc) is 2.28. The van der Waals surface area contributed by atoms with Crippen molar-refractivity contribution in [2.75, 3.05) is 12.4 Å². The highest BCUT2D eigenvalue weighted by Gasteiger charge is 2.15. The van der Waals surface area contributed by atoms with Crippen LogP contribution >= 0.6 is 22.3 Å². The Kier molecular flexibility index (Phi) is 6.43. The minimum atomic E-state index is -3.47. The molecular weight excluding hydrogens is 295 g/mol. The van der Waals surface area contributed by atoms with E-state index in [0.29, 0.717) is 24.7 Å². The lowest BCUT2D eigenvalue weighted by Crippen LogP contribution is -2.17. The Labute approximate surface area is 117 Å². The molecule has 1 atom stereocenters. The van der Waals surface area contributed by atoms with Gasteiger partial charge in [0.25, 0.3) is 0 Å². The van der Waals surface area contributed by atoms with Crippen molar-refractivity contribution < 1.29 is 13.2 Å². The molecule has 1 aromatic carbocycles. The van der Waals surface area contributed by atoms with E-state index in [-0.39, 0.29) is 11.7 Å². The molecule has 0 fully saturated rings. The summed E-state index contributed by atoms with van der Waals surface area (Å²) in [4.78, 5) is 0. The van der Waals surface area contributed by atoms with E-state index < -0.39 is 9.05 Å². The fraction of sp³-hybridized carbons (Fsp3) is 0.500. The van der Waals surface area contributed by atoms with E-state index >= 15 is 0 Å². The zero-order chi connectivity index (χ0) is 13.6. The van der Waals surface area contributed by atoms with Gasteiger partial charge < -0.3 is 4.74 Å². The number of halogens is 2. The van der Waals surface area contributed by atoms with Crippen molar-refractivity contribution in [3.05, 3.63) is 34.9 Å². The summed E-state index contributed by atoms with van der Waals surface area (Å²) in [5, 5.41) is 0.649. The Bertz CT molecular complexity index is 474. The number of hydrogen-bond donors (Lipinski definition) is 0. The third kappa shape index (κ3) is 6.05. The number of benzene rings is 1. The van der Waals surface area contributed by atoms with Gasteiger partial charge in [-0.25, -0.2) is 8.42 Å². The molecule has 1 rings (SSSR count). The summed E-state index contributed by atoms with van der Waals surface area (Å²) >= 11 is 5.98. The van der Waals surface area contributed by atoms with Crippen molar-refractivity contribution in [2.45, 2.75) is 20.0 Å². The molecule has 18 heavy (non-hydrogen) atoms. The van der Waals surface area contributed by atoms with E-state index in [4.69, 9.17) is 27.0 Å². The lowest BCUT2D eigenvalue weighted by molar-refractivity contribution is 0.0920. The Balaban J connectivity index is 2.43. The van der Waals surface area contributed by atoms with Crippen molar-refractivity contribution >= 4 is 31.3 Å². The zero-order valence-electron chi connectivity index (χ0n) is 10.1. The average molecular weight is 311 g/mol. The standard InChI is InChI=1S/C12H16Cl2O3S/c1-2-10(9-18(14,15)16)7-17-8-11-5-3-4-6-12(11)13/h3-6,10H,2,7-9H2,1H3. The molecule has 0 radical (unpaired) electrons. The maximum Gasteiger partial charge on any atom is 0.232 e. The van der Waals surface area contributed by atoms with Crippen LogP contribution in [0.1, 0.15) is 18.9 Å². The van der Waals surface area contributed by atoms with Gasteiger partial charge in [-0.1, -0.05) is 43.1 Å². The predicted molar refractivity (Wildman–Crippen MR) is 74.5 cm³/mol. The van der Waals surface area contributed by atoms with Crippen LogP contribution < -0.4 is 0 Å². The first-order chi connectivity index (χ1) is 8.42. The summed E-state index contributed by atoms with van der Waals surface area (Å²) in [7, 11) is 1.75. The molecule has 0 amide bonds. The second kappa shape index (κ2) is 7.34. The van der Waals surface area contributed by atoms with Crippen LogP contribution in [-0.4, -0.2) is 20.8 Å². The maximum absolute atomic E-state index is 11.0. The summed E-state index contributed by atoms with van der Waals surface area (Å²) in [5.41, 5.74) is 0.891. The maximum atomic E-state index is 11.0. The molecule has 0 N–H and O–H groups in total. The van der Waals surface area contributed by atoms with Crippen molar-refractivity contribution in [3.8, 4) is 0 Å². The monoisotopic (exact) mass is 310 g/mol. The van der Waals surface area contributed by atoms with Crippen LogP contribution in [0.25, 0.3) is 0 Å². The van der Waals surface area contributed by atoms with E-state index in [9.17, 15) is 8.42 Å². The molecule has 0 heterocycles. The molecule has 102 valence electrons. The van der Waals surface area contributed by atoms with E-state index in [1.807, 2.05) is 25.1 Å². The highest BCUT2D eigenvalue weighted by atomic mass is 35.7. The van der Waals surface area contributed by atoms with E-state index in [0.717, 1.165) is 5.56 Å². The molecule has 0 bridgehead atoms. The van der Waals surface area contributed by atoms with Crippen LogP contribution in [0.15, 0.2) is 24.3 Å². The van der Waals surface area contributed by atoms with E-state index in [1.165, 1.54) is 0 Å². The van der Waals surface area contributed by atoms with E-state index in [2.05, 4.69) is 0 Å². The van der Waals surface area contributed by atoms with Gasteiger partial charge in [0.05, 0.1) is 19.0 Å². The fourth-order valence-electron chi connectivity index (χ4n) is 1.52. The van der Waals surface area contributed by atoms with Gasteiger partial charge in [0, 0.05) is 15.7 Å². The number of hydrogen-bond acceptors (Lipinski definition) is 3. The minimum absolute atomic E-state index is 0.0619. The van der Waals surface area contributed by atoms with Crippen molar-refractivity contribution in [2.24, 2.45) is 5.92 Å². The zero-order valence-corrected chi connectivity index (χ0v) is 12.4. The predicted octanol–water partition coefficient (Wildman–Crippen LogP) is 3.45. The Morgan fingerprint density at radius 2 is 2.00 bits per heavy atom. The SMILES string of the molecule is CCC(COCc1ccccc1Cl)CS(=O)(=O)Cl. The first-order valence-corrected chi connectivity index (χ1v) is 8.51. The summed E-state index contributed by atoms with van der Waals surface area (Å²) in [6.45, 7) is 2.64. The fourth-order valence-corrected chi connectivity index (χ4v) is 3.14. The van der Waals surface area contributed by atoms with E-state index in [1.54, 1.807) is 6.07 Å². The molecule has 0 aliphatic carbocycles. The topological polar surface area (TPSA) is 43.4 Å². The summed E-state index contributed by atoms with van der Waals surface area (Å²) in [5.74, 6) is -0.150. The van der Waals surface area contributed by atoms with Crippen molar-refractivity contribution in [1.82, 2.24) is 0 Å². The number of ether oxygens (including phenoxy) is 1. The number of rotatable bonds is 7. The molecule has 0 saturated carbocycles. The highest BCUT2D eigenvalue weighted by Crippen LogP contribution is 2.17. The first kappa shape index (κ1) is 15.8. The van der Waals surface area contributed by atoms with Crippen molar-refractivity contribution in [1.29, 1.82) is 0 Å². The Morgan fingerprint density at radius 1 is 1.33 bits per heavy atom. The Hall–Kier alpha value is -0.290. The van der Waals surface area contributed by atoms with Gasteiger partial charge in [0.2, 0.25) is 9.05 Å². The van der Waals surface area contributed by atoms with Gasteiger partial charge in [0.1, 0.15) is 0 Å². The molecule has 3 nitrogen and oxygen atoms in total. The molecule has 0 aliphatic rings. The highest BCUT2D eigenvalue weighted by molar-refractivity contribution is 8.13. The van der Waals surface area contributed by atoms with Gasteiger partial charge in [-0.05, 0) is 17.5 Å². The molecule has 0 aliphatic heterocycles. The third-order valence-electron chi connectivity index (χ3n) is 2.58. The summed E-state index contributed by atoms with van der Waals surface area (Å²) in [6.07, 6.45) is 0.703. The molecule has 1 unspecified atom stereocenters. The van der Waals surface area contributed by atoms with Crippen LogP contribution in [0.2, 0.25) is 5.02 Å².